The fraction of sp³-hybridized carbons (Fsp3) is 0. The van der Waals surface area contributed by atoms with E-state index in [0.29, 0.717) is 0 Å². The zero-order valence-corrected chi connectivity index (χ0v) is 27.3. The third-order valence-electron chi connectivity index (χ3n) is 9.65. The van der Waals surface area contributed by atoms with E-state index in [-0.39, 0.29) is 0 Å². The third-order valence-corrected chi connectivity index (χ3v) is 10.8. The van der Waals surface area contributed by atoms with Crippen LogP contribution in [0.3, 0.4) is 0 Å². The SMILES string of the molecule is c1ccc(-c2ccc(N(c3cccc(-c4ccccc4)c3)c3cccc4c3sc3ccc5oc6c7ccccc7ccc6c5c34)cc2)cc1. The summed E-state index contributed by atoms with van der Waals surface area (Å²) in [7, 11) is 0. The summed E-state index contributed by atoms with van der Waals surface area (Å²) in [4.78, 5) is 2.41. The molecule has 0 bridgehead atoms. The molecule has 2 heterocycles. The van der Waals surface area contributed by atoms with E-state index in [0.717, 1.165) is 39.0 Å². The first kappa shape index (κ1) is 27.9. The van der Waals surface area contributed by atoms with Crippen LogP contribution in [0.25, 0.3) is 75.1 Å². The molecule has 0 aliphatic carbocycles. The van der Waals surface area contributed by atoms with Crippen molar-refractivity contribution in [3.05, 3.63) is 176 Å². The highest BCUT2D eigenvalue weighted by atomic mass is 32.1. The largest absolute Gasteiger partial charge is 0.455 e. The van der Waals surface area contributed by atoms with Gasteiger partial charge in [-0.05, 0) is 76.2 Å². The van der Waals surface area contributed by atoms with Gasteiger partial charge in [-0.1, -0.05) is 127 Å². The van der Waals surface area contributed by atoms with E-state index in [1.165, 1.54) is 53.2 Å². The summed E-state index contributed by atoms with van der Waals surface area (Å²) < 4.78 is 9.11. The second-order valence-electron chi connectivity index (χ2n) is 12.5. The lowest BCUT2D eigenvalue weighted by Gasteiger charge is -2.27. The smallest absolute Gasteiger partial charge is 0.143 e. The highest BCUT2D eigenvalue weighted by molar-refractivity contribution is 7.26. The maximum Gasteiger partial charge on any atom is 0.143 e. The maximum atomic E-state index is 6.61. The Kier molecular flexibility index (Phi) is 6.39. The molecule has 0 N–H and O–H groups in total. The van der Waals surface area contributed by atoms with Crippen LogP contribution in [0.15, 0.2) is 180 Å². The number of benzene rings is 8. The summed E-state index contributed by atoms with van der Waals surface area (Å²) in [6.07, 6.45) is 0. The number of hydrogen-bond donors (Lipinski definition) is 0. The summed E-state index contributed by atoms with van der Waals surface area (Å²) in [5, 5.41) is 7.18. The number of rotatable bonds is 5. The lowest BCUT2D eigenvalue weighted by molar-refractivity contribution is 0.673. The average molecular weight is 644 g/mol. The lowest BCUT2D eigenvalue weighted by atomic mass is 10.0. The Hall–Kier alpha value is -6.16. The van der Waals surface area contributed by atoms with E-state index in [2.05, 4.69) is 181 Å². The predicted molar refractivity (Wildman–Crippen MR) is 210 cm³/mol. The number of furan rings is 1. The Morgan fingerprint density at radius 2 is 1.10 bits per heavy atom. The summed E-state index contributed by atoms with van der Waals surface area (Å²) >= 11 is 1.85. The first-order valence-electron chi connectivity index (χ1n) is 16.6. The van der Waals surface area contributed by atoms with E-state index < -0.39 is 0 Å². The van der Waals surface area contributed by atoms with Gasteiger partial charge >= 0.3 is 0 Å². The Morgan fingerprint density at radius 1 is 0.429 bits per heavy atom. The summed E-state index contributed by atoms with van der Waals surface area (Å²) in [5.41, 5.74) is 10.1. The van der Waals surface area contributed by atoms with Gasteiger partial charge < -0.3 is 9.32 Å². The third kappa shape index (κ3) is 4.55. The van der Waals surface area contributed by atoms with Crippen LogP contribution in [-0.2, 0) is 0 Å². The number of thiophene rings is 1. The molecule has 230 valence electrons. The molecule has 0 radical (unpaired) electrons. The Balaban J connectivity index is 1.21. The van der Waals surface area contributed by atoms with Gasteiger partial charge in [0.1, 0.15) is 11.2 Å². The van der Waals surface area contributed by atoms with Crippen LogP contribution in [0.2, 0.25) is 0 Å². The van der Waals surface area contributed by atoms with Crippen LogP contribution in [0.4, 0.5) is 17.1 Å². The highest BCUT2D eigenvalue weighted by Crippen LogP contribution is 2.49. The van der Waals surface area contributed by atoms with Crippen LogP contribution < -0.4 is 4.90 Å². The highest BCUT2D eigenvalue weighted by Gasteiger charge is 2.21. The molecule has 10 aromatic rings. The van der Waals surface area contributed by atoms with Crippen molar-refractivity contribution < 1.29 is 4.42 Å². The number of anilines is 3. The molecule has 0 spiro atoms. The Bertz CT molecular complexity index is 2810. The second kappa shape index (κ2) is 11.2. The van der Waals surface area contributed by atoms with Gasteiger partial charge in [0.15, 0.2) is 0 Å². The zero-order valence-electron chi connectivity index (χ0n) is 26.5. The lowest BCUT2D eigenvalue weighted by Crippen LogP contribution is -2.10. The molecular formula is C46H29NOS. The van der Waals surface area contributed by atoms with Gasteiger partial charge in [-0.3, -0.25) is 0 Å². The molecule has 2 aromatic heterocycles. The van der Waals surface area contributed by atoms with Crippen molar-refractivity contribution in [2.24, 2.45) is 0 Å². The van der Waals surface area contributed by atoms with Crippen LogP contribution >= 0.6 is 11.3 Å². The molecule has 0 atom stereocenters. The molecule has 2 nitrogen and oxygen atoms in total. The summed E-state index contributed by atoms with van der Waals surface area (Å²) in [6, 6.07) is 63.1. The number of fused-ring (bicyclic) bond motifs is 9. The molecule has 8 aromatic carbocycles. The molecule has 3 heteroatoms. The molecule has 0 aliphatic heterocycles. The molecule has 0 amide bonds. The van der Waals surface area contributed by atoms with E-state index >= 15 is 0 Å². The van der Waals surface area contributed by atoms with Gasteiger partial charge in [0.25, 0.3) is 0 Å². The van der Waals surface area contributed by atoms with Crippen LogP contribution in [0.1, 0.15) is 0 Å². The molecule has 0 saturated carbocycles. The summed E-state index contributed by atoms with van der Waals surface area (Å²) in [5.74, 6) is 0. The minimum absolute atomic E-state index is 0.924. The van der Waals surface area contributed by atoms with E-state index in [4.69, 9.17) is 4.42 Å². The fourth-order valence-electron chi connectivity index (χ4n) is 7.36. The van der Waals surface area contributed by atoms with Crippen LogP contribution in [-0.4, -0.2) is 0 Å². The molecule has 0 unspecified atom stereocenters. The zero-order chi connectivity index (χ0) is 32.3. The van der Waals surface area contributed by atoms with E-state index in [9.17, 15) is 0 Å². The maximum absolute atomic E-state index is 6.61. The minimum atomic E-state index is 0.924. The molecule has 0 aliphatic rings. The standard InChI is InChI=1S/C46H29NOS/c1-3-11-30(12-4-1)32-21-24-35(25-22-32)47(36-17-9-16-34(29-36)31-13-5-2-6-14-31)40-20-10-19-39-44-42(49-46(39)40)28-27-41-43(44)38-26-23-33-15-7-8-18-37(33)45(38)48-41/h1-29H. The number of hydrogen-bond acceptors (Lipinski definition) is 3. The van der Waals surface area contributed by atoms with Crippen molar-refractivity contribution in [3.63, 3.8) is 0 Å². The van der Waals surface area contributed by atoms with Crippen molar-refractivity contribution in [2.45, 2.75) is 0 Å². The van der Waals surface area contributed by atoms with Gasteiger partial charge in [0.2, 0.25) is 0 Å². The topological polar surface area (TPSA) is 16.4 Å². The molecular weight excluding hydrogens is 615 g/mol. The molecule has 10 rings (SSSR count). The van der Waals surface area contributed by atoms with Crippen molar-refractivity contribution in [2.75, 3.05) is 4.90 Å². The molecule has 49 heavy (non-hydrogen) atoms. The van der Waals surface area contributed by atoms with Crippen molar-refractivity contribution in [1.29, 1.82) is 0 Å². The Labute approximate surface area is 287 Å². The van der Waals surface area contributed by atoms with Crippen molar-refractivity contribution >= 4 is 81.3 Å². The predicted octanol–water partition coefficient (Wildman–Crippen LogP) is 13.9. The second-order valence-corrected chi connectivity index (χ2v) is 13.6. The monoisotopic (exact) mass is 643 g/mol. The van der Waals surface area contributed by atoms with Crippen LogP contribution in [0.5, 0.6) is 0 Å². The fourth-order valence-corrected chi connectivity index (χ4v) is 8.57. The average Bonchev–Trinajstić information content (AvgIpc) is 3.75. The summed E-state index contributed by atoms with van der Waals surface area (Å²) in [6.45, 7) is 0. The Morgan fingerprint density at radius 3 is 1.92 bits per heavy atom. The van der Waals surface area contributed by atoms with Crippen LogP contribution in [0, 0.1) is 0 Å². The van der Waals surface area contributed by atoms with E-state index in [1.54, 1.807) is 0 Å². The normalized spacial score (nSPS) is 11.7. The van der Waals surface area contributed by atoms with Gasteiger partial charge in [0, 0.05) is 43.0 Å². The van der Waals surface area contributed by atoms with Gasteiger partial charge in [-0.25, -0.2) is 0 Å². The van der Waals surface area contributed by atoms with Gasteiger partial charge in [0.05, 0.1) is 10.4 Å². The van der Waals surface area contributed by atoms with E-state index in [1.807, 2.05) is 11.3 Å². The van der Waals surface area contributed by atoms with Crippen molar-refractivity contribution in [1.82, 2.24) is 0 Å². The van der Waals surface area contributed by atoms with Crippen molar-refractivity contribution in [3.8, 4) is 22.3 Å². The van der Waals surface area contributed by atoms with Gasteiger partial charge in [-0.2, -0.15) is 0 Å². The van der Waals surface area contributed by atoms with Gasteiger partial charge in [-0.15, -0.1) is 11.3 Å². The molecule has 0 fully saturated rings. The quantitative estimate of drug-likeness (QED) is 0.186. The minimum Gasteiger partial charge on any atom is -0.455 e. The first-order valence-corrected chi connectivity index (χ1v) is 17.4. The number of nitrogens with zero attached hydrogens (tertiary/aromatic N) is 1. The molecule has 0 saturated heterocycles. The first-order chi connectivity index (χ1) is 24.3.